The number of aromatic nitrogens is 3. The van der Waals surface area contributed by atoms with E-state index >= 15 is 0 Å². The number of hydrogen-bond acceptors (Lipinski definition) is 3. The lowest BCUT2D eigenvalue weighted by Gasteiger charge is -2.09. The first-order valence-electron chi connectivity index (χ1n) is 4.79. The van der Waals surface area contributed by atoms with Crippen LogP contribution in [0.3, 0.4) is 0 Å². The van der Waals surface area contributed by atoms with Gasteiger partial charge >= 0.3 is 0 Å². The van der Waals surface area contributed by atoms with Crippen molar-refractivity contribution in [2.75, 3.05) is 0 Å². The molecule has 0 bridgehead atoms. The fourth-order valence-corrected chi connectivity index (χ4v) is 1.46. The monoisotopic (exact) mass is 194 g/mol. The Morgan fingerprint density at radius 3 is 2.64 bits per heavy atom. The standard InChI is InChI=1S/C9H14N4O/c1-6(2)7-5-13(12-11-7)9(3-4-9)8(10)14/h5-6H,3-4H2,1-2H3,(H2,10,14). The van der Waals surface area contributed by atoms with Gasteiger partial charge in [0.05, 0.1) is 5.69 Å². The molecule has 0 spiro atoms. The van der Waals surface area contributed by atoms with Crippen LogP contribution in [0.1, 0.15) is 38.3 Å². The Morgan fingerprint density at radius 1 is 1.64 bits per heavy atom. The second kappa shape index (κ2) is 2.80. The van der Waals surface area contributed by atoms with E-state index in [1.54, 1.807) is 4.68 Å². The minimum Gasteiger partial charge on any atom is -0.368 e. The van der Waals surface area contributed by atoms with Crippen molar-refractivity contribution in [3.8, 4) is 0 Å². The Kier molecular flexibility index (Phi) is 1.83. The Labute approximate surface area is 82.3 Å². The topological polar surface area (TPSA) is 73.8 Å². The lowest BCUT2D eigenvalue weighted by atomic mass is 10.1. The highest BCUT2D eigenvalue weighted by Crippen LogP contribution is 2.42. The molecular weight excluding hydrogens is 180 g/mol. The molecule has 0 saturated heterocycles. The molecule has 1 aromatic heterocycles. The van der Waals surface area contributed by atoms with Gasteiger partial charge in [-0.25, -0.2) is 4.68 Å². The number of nitrogens with zero attached hydrogens (tertiary/aromatic N) is 3. The van der Waals surface area contributed by atoms with Crippen molar-refractivity contribution in [3.63, 3.8) is 0 Å². The summed E-state index contributed by atoms with van der Waals surface area (Å²) in [7, 11) is 0. The normalized spacial score (nSPS) is 18.5. The van der Waals surface area contributed by atoms with Crippen molar-refractivity contribution >= 4 is 5.91 Å². The maximum atomic E-state index is 11.2. The third kappa shape index (κ3) is 1.20. The van der Waals surface area contributed by atoms with E-state index in [-0.39, 0.29) is 5.91 Å². The van der Waals surface area contributed by atoms with Gasteiger partial charge in [0.2, 0.25) is 5.91 Å². The highest BCUT2D eigenvalue weighted by atomic mass is 16.2. The van der Waals surface area contributed by atoms with Crippen molar-refractivity contribution < 1.29 is 4.79 Å². The van der Waals surface area contributed by atoms with Gasteiger partial charge in [0.1, 0.15) is 5.54 Å². The molecule has 0 aromatic carbocycles. The van der Waals surface area contributed by atoms with Crippen LogP contribution in [0.2, 0.25) is 0 Å². The lowest BCUT2D eigenvalue weighted by molar-refractivity contribution is -0.122. The van der Waals surface area contributed by atoms with E-state index in [4.69, 9.17) is 5.73 Å². The van der Waals surface area contributed by atoms with E-state index in [9.17, 15) is 4.79 Å². The second-order valence-electron chi connectivity index (χ2n) is 4.14. The summed E-state index contributed by atoms with van der Waals surface area (Å²) in [5, 5.41) is 7.97. The maximum Gasteiger partial charge on any atom is 0.245 e. The summed E-state index contributed by atoms with van der Waals surface area (Å²) in [5.41, 5.74) is 5.65. The van der Waals surface area contributed by atoms with Crippen LogP contribution in [0.15, 0.2) is 6.20 Å². The number of carbonyl (C=O) groups is 1. The van der Waals surface area contributed by atoms with Gasteiger partial charge in [-0.1, -0.05) is 19.1 Å². The van der Waals surface area contributed by atoms with Crippen LogP contribution in [0, 0.1) is 0 Å². The van der Waals surface area contributed by atoms with E-state index in [1.165, 1.54) is 0 Å². The number of rotatable bonds is 3. The van der Waals surface area contributed by atoms with Crippen molar-refractivity contribution in [3.05, 3.63) is 11.9 Å². The van der Waals surface area contributed by atoms with E-state index in [2.05, 4.69) is 10.3 Å². The van der Waals surface area contributed by atoms with Gasteiger partial charge in [0, 0.05) is 6.20 Å². The third-order valence-electron chi connectivity index (χ3n) is 2.72. The predicted molar refractivity (Wildman–Crippen MR) is 50.5 cm³/mol. The van der Waals surface area contributed by atoms with E-state index < -0.39 is 5.54 Å². The SMILES string of the molecule is CC(C)c1cn(C2(C(N)=O)CC2)nn1. The first-order chi connectivity index (χ1) is 6.56. The van der Waals surface area contributed by atoms with Gasteiger partial charge in [-0.2, -0.15) is 0 Å². The highest BCUT2D eigenvalue weighted by Gasteiger charge is 2.51. The molecule has 1 aliphatic rings. The molecule has 1 fully saturated rings. The van der Waals surface area contributed by atoms with Gasteiger partial charge in [-0.05, 0) is 18.8 Å². The minimum absolute atomic E-state index is 0.308. The molecule has 2 N–H and O–H groups in total. The maximum absolute atomic E-state index is 11.2. The zero-order chi connectivity index (χ0) is 10.3. The summed E-state index contributed by atoms with van der Waals surface area (Å²) in [6.45, 7) is 4.08. The summed E-state index contributed by atoms with van der Waals surface area (Å²) in [6.07, 6.45) is 3.38. The second-order valence-corrected chi connectivity index (χ2v) is 4.14. The van der Waals surface area contributed by atoms with E-state index in [0.29, 0.717) is 5.92 Å². The Hall–Kier alpha value is -1.39. The fraction of sp³-hybridized carbons (Fsp3) is 0.667. The first-order valence-corrected chi connectivity index (χ1v) is 4.79. The van der Waals surface area contributed by atoms with Crippen LogP contribution in [0.25, 0.3) is 0 Å². The quantitative estimate of drug-likeness (QED) is 0.755. The van der Waals surface area contributed by atoms with Gasteiger partial charge < -0.3 is 5.73 Å². The van der Waals surface area contributed by atoms with Crippen molar-refractivity contribution in [1.82, 2.24) is 15.0 Å². The third-order valence-corrected chi connectivity index (χ3v) is 2.72. The number of hydrogen-bond donors (Lipinski definition) is 1. The van der Waals surface area contributed by atoms with Crippen LogP contribution in [-0.4, -0.2) is 20.9 Å². The van der Waals surface area contributed by atoms with Crippen LogP contribution < -0.4 is 5.73 Å². The lowest BCUT2D eigenvalue weighted by Crippen LogP contribution is -2.34. The van der Waals surface area contributed by atoms with Crippen LogP contribution >= 0.6 is 0 Å². The van der Waals surface area contributed by atoms with E-state index in [0.717, 1.165) is 18.5 Å². The van der Waals surface area contributed by atoms with Crippen molar-refractivity contribution in [1.29, 1.82) is 0 Å². The molecule has 0 aliphatic heterocycles. The molecule has 0 atom stereocenters. The van der Waals surface area contributed by atoms with E-state index in [1.807, 2.05) is 20.0 Å². The number of primary amides is 1. The number of carbonyl (C=O) groups excluding carboxylic acids is 1. The molecule has 76 valence electrons. The summed E-state index contributed by atoms with van der Waals surface area (Å²) in [4.78, 5) is 11.2. The van der Waals surface area contributed by atoms with Crippen molar-refractivity contribution in [2.45, 2.75) is 38.1 Å². The first kappa shape index (κ1) is 9.18. The Bertz CT molecular complexity index is 365. The summed E-state index contributed by atoms with van der Waals surface area (Å²) < 4.78 is 1.62. The summed E-state index contributed by atoms with van der Waals surface area (Å²) >= 11 is 0. The van der Waals surface area contributed by atoms with Gasteiger partial charge in [-0.15, -0.1) is 5.10 Å². The molecule has 5 nitrogen and oxygen atoms in total. The Morgan fingerprint density at radius 2 is 2.29 bits per heavy atom. The zero-order valence-corrected chi connectivity index (χ0v) is 8.40. The average molecular weight is 194 g/mol. The fourth-order valence-electron chi connectivity index (χ4n) is 1.46. The summed E-state index contributed by atoms with van der Waals surface area (Å²) in [5.74, 6) is 0.0186. The molecule has 1 saturated carbocycles. The molecule has 1 aliphatic carbocycles. The largest absolute Gasteiger partial charge is 0.368 e. The average Bonchev–Trinajstić information content (AvgIpc) is 2.77. The highest BCUT2D eigenvalue weighted by molar-refractivity contribution is 5.85. The molecular formula is C9H14N4O. The zero-order valence-electron chi connectivity index (χ0n) is 8.40. The molecule has 0 radical (unpaired) electrons. The minimum atomic E-state index is -0.569. The smallest absolute Gasteiger partial charge is 0.245 e. The molecule has 2 rings (SSSR count). The summed E-state index contributed by atoms with van der Waals surface area (Å²) in [6, 6.07) is 0. The van der Waals surface area contributed by atoms with Crippen LogP contribution in [0.4, 0.5) is 0 Å². The Balaban J connectivity index is 2.30. The van der Waals surface area contributed by atoms with Gasteiger partial charge in [0.25, 0.3) is 0 Å². The van der Waals surface area contributed by atoms with Gasteiger partial charge in [0.15, 0.2) is 0 Å². The molecule has 14 heavy (non-hydrogen) atoms. The van der Waals surface area contributed by atoms with Crippen molar-refractivity contribution in [2.24, 2.45) is 5.73 Å². The van der Waals surface area contributed by atoms with Crippen LogP contribution in [-0.2, 0) is 10.3 Å². The molecule has 1 aromatic rings. The van der Waals surface area contributed by atoms with Crippen LogP contribution in [0.5, 0.6) is 0 Å². The molecule has 1 amide bonds. The molecule has 0 unspecified atom stereocenters. The predicted octanol–water partition coefficient (Wildman–Crippen LogP) is 0.376. The number of nitrogens with two attached hydrogens (primary N) is 1. The van der Waals surface area contributed by atoms with Gasteiger partial charge in [-0.3, -0.25) is 4.79 Å². The number of amides is 1. The molecule has 1 heterocycles. The molecule has 5 heteroatoms.